The van der Waals surface area contributed by atoms with E-state index in [1.807, 2.05) is 32.9 Å². The van der Waals surface area contributed by atoms with Crippen molar-refractivity contribution in [2.45, 2.75) is 72.8 Å². The molecular weight excluding hydrogens is 420 g/mol. The summed E-state index contributed by atoms with van der Waals surface area (Å²) in [7, 11) is 0. The molecule has 0 atom stereocenters. The summed E-state index contributed by atoms with van der Waals surface area (Å²) >= 11 is 0. The number of furan rings is 1. The Morgan fingerprint density at radius 3 is 2.48 bits per heavy atom. The maximum Gasteiger partial charge on any atom is 0.330 e. The van der Waals surface area contributed by atoms with Crippen molar-refractivity contribution in [1.82, 2.24) is 9.55 Å². The lowest BCUT2D eigenvalue weighted by Gasteiger charge is -2.24. The molecule has 0 unspecified atom stereocenters. The molecule has 0 saturated carbocycles. The van der Waals surface area contributed by atoms with Gasteiger partial charge in [-0.25, -0.2) is 4.79 Å². The molecule has 1 amide bonds. The van der Waals surface area contributed by atoms with Crippen LogP contribution in [-0.2, 0) is 17.8 Å². The lowest BCUT2D eigenvalue weighted by atomic mass is 10.0. The number of nitrogens with one attached hydrogen (secondary N) is 1. The maximum absolute atomic E-state index is 13.5. The van der Waals surface area contributed by atoms with Crippen LogP contribution >= 0.6 is 0 Å². The lowest BCUT2D eigenvalue weighted by Crippen LogP contribution is -2.42. The Balaban J connectivity index is 2.01. The van der Waals surface area contributed by atoms with Gasteiger partial charge in [0.25, 0.3) is 5.56 Å². The number of benzene rings is 1. The summed E-state index contributed by atoms with van der Waals surface area (Å²) in [6.45, 7) is 8.84. The van der Waals surface area contributed by atoms with Gasteiger partial charge in [-0.15, -0.1) is 0 Å². The summed E-state index contributed by atoms with van der Waals surface area (Å²) < 4.78 is 7.03. The van der Waals surface area contributed by atoms with E-state index in [1.54, 1.807) is 6.26 Å². The summed E-state index contributed by atoms with van der Waals surface area (Å²) in [5.74, 6) is -0.226. The van der Waals surface area contributed by atoms with Crippen molar-refractivity contribution < 1.29 is 9.21 Å². The van der Waals surface area contributed by atoms with Crippen molar-refractivity contribution in [3.05, 3.63) is 55.9 Å². The smallest absolute Gasteiger partial charge is 0.330 e. The Kier molecular flexibility index (Phi) is 7.79. The van der Waals surface area contributed by atoms with Crippen molar-refractivity contribution in [2.24, 2.45) is 0 Å². The number of anilines is 2. The summed E-state index contributed by atoms with van der Waals surface area (Å²) in [5.41, 5.74) is 8.86. The molecule has 0 aliphatic heterocycles. The summed E-state index contributed by atoms with van der Waals surface area (Å²) in [6.07, 6.45) is 5.86. The average molecular weight is 455 g/mol. The quantitative estimate of drug-likeness (QED) is 0.449. The number of fused-ring (bicyclic) bond motifs is 1. The molecule has 178 valence electrons. The zero-order valence-electron chi connectivity index (χ0n) is 20.0. The zero-order chi connectivity index (χ0) is 24.1. The Morgan fingerprint density at radius 2 is 1.79 bits per heavy atom. The van der Waals surface area contributed by atoms with Crippen LogP contribution in [0.4, 0.5) is 11.5 Å². The van der Waals surface area contributed by atoms with Crippen molar-refractivity contribution in [1.29, 1.82) is 0 Å². The lowest BCUT2D eigenvalue weighted by molar-refractivity contribution is -0.118. The van der Waals surface area contributed by atoms with Crippen molar-refractivity contribution in [3.63, 3.8) is 0 Å². The fourth-order valence-corrected chi connectivity index (χ4v) is 3.99. The van der Waals surface area contributed by atoms with Crippen LogP contribution in [0.25, 0.3) is 11.0 Å². The normalized spacial score (nSPS) is 11.3. The highest BCUT2D eigenvalue weighted by Crippen LogP contribution is 2.27. The van der Waals surface area contributed by atoms with E-state index >= 15 is 0 Å². The monoisotopic (exact) mass is 454 g/mol. The van der Waals surface area contributed by atoms with E-state index in [4.69, 9.17) is 10.2 Å². The minimum Gasteiger partial charge on any atom is -0.464 e. The molecule has 33 heavy (non-hydrogen) atoms. The molecule has 3 N–H and O–H groups in total. The molecule has 0 radical (unpaired) electrons. The van der Waals surface area contributed by atoms with E-state index < -0.39 is 11.2 Å². The SMILES string of the molecule is CCCCCN(C(=O)Cc1coc2cc(C)c(C)cc12)c1c(N)n(CCCC)c(=O)[nH]c1=O. The van der Waals surface area contributed by atoms with Crippen LogP contribution in [0.15, 0.2) is 32.4 Å². The molecule has 0 aliphatic rings. The maximum atomic E-state index is 13.5. The van der Waals surface area contributed by atoms with E-state index in [9.17, 15) is 14.4 Å². The minimum atomic E-state index is -0.640. The number of aromatic amines is 1. The molecule has 8 heteroatoms. The van der Waals surface area contributed by atoms with Gasteiger partial charge in [-0.1, -0.05) is 33.1 Å². The third-order valence-corrected chi connectivity index (χ3v) is 6.12. The highest BCUT2D eigenvalue weighted by molar-refractivity contribution is 5.99. The molecule has 0 fully saturated rings. The second kappa shape index (κ2) is 10.6. The third kappa shape index (κ3) is 5.21. The molecular formula is C25H34N4O4. The van der Waals surface area contributed by atoms with Gasteiger partial charge in [-0.05, 0) is 49.9 Å². The van der Waals surface area contributed by atoms with Gasteiger partial charge >= 0.3 is 5.69 Å². The van der Waals surface area contributed by atoms with Gasteiger partial charge in [-0.3, -0.25) is 19.1 Å². The van der Waals surface area contributed by atoms with E-state index in [0.717, 1.165) is 59.8 Å². The van der Waals surface area contributed by atoms with E-state index in [0.29, 0.717) is 13.1 Å². The van der Waals surface area contributed by atoms with Crippen LogP contribution < -0.4 is 21.9 Å². The Morgan fingerprint density at radius 1 is 1.09 bits per heavy atom. The third-order valence-electron chi connectivity index (χ3n) is 6.12. The van der Waals surface area contributed by atoms with Gasteiger partial charge in [0.1, 0.15) is 11.4 Å². The summed E-state index contributed by atoms with van der Waals surface area (Å²) in [6, 6.07) is 3.98. The zero-order valence-corrected chi connectivity index (χ0v) is 20.0. The van der Waals surface area contributed by atoms with Crippen molar-refractivity contribution >= 4 is 28.4 Å². The minimum absolute atomic E-state index is 0.0329. The molecule has 2 heterocycles. The van der Waals surface area contributed by atoms with Gasteiger partial charge in [-0.2, -0.15) is 0 Å². The number of H-pyrrole nitrogens is 1. The molecule has 1 aromatic carbocycles. The summed E-state index contributed by atoms with van der Waals surface area (Å²) in [5, 5.41) is 0.884. The molecule has 2 aromatic heterocycles. The first-order chi connectivity index (χ1) is 15.8. The fourth-order valence-electron chi connectivity index (χ4n) is 3.99. The molecule has 0 aliphatic carbocycles. The van der Waals surface area contributed by atoms with Gasteiger partial charge < -0.3 is 15.1 Å². The molecule has 0 spiro atoms. The van der Waals surface area contributed by atoms with Crippen LogP contribution in [0.1, 0.15) is 62.6 Å². The molecule has 3 rings (SSSR count). The van der Waals surface area contributed by atoms with Gasteiger partial charge in [0, 0.05) is 24.0 Å². The number of nitrogen functional groups attached to an aromatic ring is 1. The first-order valence-corrected chi connectivity index (χ1v) is 11.7. The van der Waals surface area contributed by atoms with Gasteiger partial charge in [0.2, 0.25) is 5.91 Å². The first kappa shape index (κ1) is 24.4. The highest BCUT2D eigenvalue weighted by Gasteiger charge is 2.25. The fraction of sp³-hybridized carbons (Fsp3) is 0.480. The van der Waals surface area contributed by atoms with Crippen molar-refractivity contribution in [3.8, 4) is 0 Å². The second-order valence-electron chi connectivity index (χ2n) is 8.62. The number of aromatic nitrogens is 2. The van der Waals surface area contributed by atoms with Crippen LogP contribution in [-0.4, -0.2) is 22.0 Å². The molecule has 0 bridgehead atoms. The molecule has 8 nitrogen and oxygen atoms in total. The first-order valence-electron chi connectivity index (χ1n) is 11.7. The van der Waals surface area contributed by atoms with Crippen molar-refractivity contribution in [2.75, 3.05) is 17.2 Å². The van der Waals surface area contributed by atoms with Gasteiger partial charge in [0.15, 0.2) is 5.69 Å². The number of rotatable bonds is 10. The van der Waals surface area contributed by atoms with Gasteiger partial charge in [0.05, 0.1) is 12.7 Å². The number of nitrogens with two attached hydrogens (primary N) is 1. The Labute approximate surface area is 193 Å². The molecule has 3 aromatic rings. The number of aryl methyl sites for hydroxylation is 2. The number of amides is 1. The Hall–Kier alpha value is -3.29. The van der Waals surface area contributed by atoms with Crippen LogP contribution in [0, 0.1) is 13.8 Å². The van der Waals surface area contributed by atoms with Crippen LogP contribution in [0.2, 0.25) is 0 Å². The average Bonchev–Trinajstić information content (AvgIpc) is 3.13. The van der Waals surface area contributed by atoms with E-state index in [2.05, 4.69) is 11.9 Å². The number of unbranched alkanes of at least 4 members (excludes halogenated alkanes) is 3. The largest absolute Gasteiger partial charge is 0.464 e. The van der Waals surface area contributed by atoms with Crippen LogP contribution in [0.3, 0.4) is 0 Å². The highest BCUT2D eigenvalue weighted by atomic mass is 16.3. The number of hydrogen-bond acceptors (Lipinski definition) is 5. The molecule has 0 saturated heterocycles. The number of carbonyl (C=O) groups is 1. The number of carbonyl (C=O) groups excluding carboxylic acids is 1. The predicted octanol–water partition coefficient (Wildman–Crippen LogP) is 4.05. The van der Waals surface area contributed by atoms with E-state index in [1.165, 1.54) is 9.47 Å². The predicted molar refractivity (Wildman–Crippen MR) is 132 cm³/mol. The van der Waals surface area contributed by atoms with Crippen LogP contribution in [0.5, 0.6) is 0 Å². The number of hydrogen-bond donors (Lipinski definition) is 2. The standard InChI is InChI=1S/C25H34N4O4/c1-5-7-9-11-28(22-23(26)29(10-8-6-2)25(32)27-24(22)31)21(30)14-18-15-33-20-13-17(4)16(3)12-19(18)20/h12-13,15H,5-11,14,26H2,1-4H3,(H,27,31,32). The van der Waals surface area contributed by atoms with E-state index in [-0.39, 0.29) is 23.8 Å². The topological polar surface area (TPSA) is 114 Å². The Bertz CT molecular complexity index is 1250. The second-order valence-corrected chi connectivity index (χ2v) is 8.62. The summed E-state index contributed by atoms with van der Waals surface area (Å²) in [4.78, 5) is 42.4. The number of nitrogens with zero attached hydrogens (tertiary/aromatic N) is 2.